The molecule has 5 nitrogen and oxygen atoms in total. The maximum Gasteiger partial charge on any atom is 0.225 e. The topological polar surface area (TPSA) is 58.8 Å². The Morgan fingerprint density at radius 3 is 2.15 bits per heavy atom. The molecular weight excluding hydrogens is 301 g/mol. The molecule has 0 aromatic heterocycles. The number of nitrogens with zero attached hydrogens (tertiary/aromatic N) is 2. The summed E-state index contributed by atoms with van der Waals surface area (Å²) in [7, 11) is 1.60. The molecule has 0 aromatic rings. The summed E-state index contributed by atoms with van der Waals surface area (Å²) in [6.45, 7) is 9.57. The largest absolute Gasteiger partial charge is 0.380 e. The average Bonchev–Trinajstić information content (AvgIpc) is 2.35. The van der Waals surface area contributed by atoms with E-state index in [1.54, 1.807) is 7.11 Å². The summed E-state index contributed by atoms with van der Waals surface area (Å²) in [6.07, 6.45) is 0.253. The lowest BCUT2D eigenvalue weighted by Crippen LogP contribution is -2.50. The number of carbonyl (C=O) groups excluding carboxylic acids is 1. The molecule has 1 aliphatic heterocycles. The summed E-state index contributed by atoms with van der Waals surface area (Å²) in [5.74, 6) is 0.846. The van der Waals surface area contributed by atoms with Gasteiger partial charge in [-0.1, -0.05) is 13.8 Å². The van der Waals surface area contributed by atoms with Gasteiger partial charge in [0.2, 0.25) is 5.91 Å². The van der Waals surface area contributed by atoms with E-state index in [2.05, 4.69) is 18.7 Å². The molecule has 1 rings (SSSR count). The number of carbonyl (C=O) groups is 1. The summed E-state index contributed by atoms with van der Waals surface area (Å²) < 4.78 is 5.15. The molecule has 2 N–H and O–H groups in total. The summed E-state index contributed by atoms with van der Waals surface area (Å²) in [5.41, 5.74) is 5.53. The molecule has 0 aliphatic carbocycles. The van der Waals surface area contributed by atoms with Crippen LogP contribution >= 0.6 is 24.8 Å². The number of hydrogen-bond acceptors (Lipinski definition) is 4. The van der Waals surface area contributed by atoms with Crippen molar-refractivity contribution in [3.63, 3.8) is 0 Å². The minimum atomic E-state index is -0.147. The van der Waals surface area contributed by atoms with Crippen LogP contribution in [0.4, 0.5) is 0 Å². The fourth-order valence-corrected chi connectivity index (χ4v) is 2.28. The zero-order valence-electron chi connectivity index (χ0n) is 12.7. The molecule has 1 heterocycles. The predicted molar refractivity (Wildman–Crippen MR) is 86.8 cm³/mol. The van der Waals surface area contributed by atoms with Gasteiger partial charge in [0, 0.05) is 46.4 Å². The number of methoxy groups -OCH3 is 1. The van der Waals surface area contributed by atoms with Crippen LogP contribution in [0, 0.1) is 5.92 Å². The second-order valence-corrected chi connectivity index (χ2v) is 5.37. The van der Waals surface area contributed by atoms with E-state index in [9.17, 15) is 4.79 Å². The zero-order chi connectivity index (χ0) is 13.5. The maximum atomic E-state index is 12.0. The third-order valence-electron chi connectivity index (χ3n) is 3.35. The Balaban J connectivity index is 0. The highest BCUT2D eigenvalue weighted by atomic mass is 35.5. The molecule has 1 aliphatic rings. The molecule has 20 heavy (non-hydrogen) atoms. The highest BCUT2D eigenvalue weighted by molar-refractivity contribution is 5.85. The molecule has 7 heteroatoms. The molecule has 1 amide bonds. The Morgan fingerprint density at radius 1 is 1.20 bits per heavy atom. The van der Waals surface area contributed by atoms with E-state index in [4.69, 9.17) is 10.5 Å². The third-order valence-corrected chi connectivity index (χ3v) is 3.35. The number of hydrogen-bond donors (Lipinski definition) is 1. The normalized spacial score (nSPS) is 17.4. The van der Waals surface area contributed by atoms with E-state index < -0.39 is 0 Å². The predicted octanol–water partition coefficient (Wildman–Crippen LogP) is 0.994. The first-order valence-corrected chi connectivity index (χ1v) is 6.79. The van der Waals surface area contributed by atoms with Gasteiger partial charge in [0.15, 0.2) is 0 Å². The Labute approximate surface area is 135 Å². The molecular formula is C13H29Cl2N3O2. The van der Waals surface area contributed by atoms with Crippen molar-refractivity contribution in [1.82, 2.24) is 9.80 Å². The van der Waals surface area contributed by atoms with Gasteiger partial charge in [-0.25, -0.2) is 0 Å². The van der Waals surface area contributed by atoms with Gasteiger partial charge in [0.25, 0.3) is 0 Å². The first kappa shape index (κ1) is 22.2. The summed E-state index contributed by atoms with van der Waals surface area (Å²) in [6, 6.07) is 0. The Kier molecular flexibility index (Phi) is 12.9. The van der Waals surface area contributed by atoms with E-state index in [-0.39, 0.29) is 36.8 Å². The van der Waals surface area contributed by atoms with Gasteiger partial charge < -0.3 is 15.4 Å². The monoisotopic (exact) mass is 329 g/mol. The molecule has 0 bridgehead atoms. The third kappa shape index (κ3) is 7.64. The van der Waals surface area contributed by atoms with E-state index in [0.29, 0.717) is 18.9 Å². The van der Waals surface area contributed by atoms with E-state index in [1.165, 1.54) is 0 Å². The summed E-state index contributed by atoms with van der Waals surface area (Å²) >= 11 is 0. The number of rotatable bonds is 6. The van der Waals surface area contributed by atoms with Gasteiger partial charge in [-0.05, 0) is 5.92 Å². The minimum Gasteiger partial charge on any atom is -0.380 e. The Bertz CT molecular complexity index is 256. The standard InChI is InChI=1S/C13H27N3O2.2ClH/c1-11(2)10-15-4-6-16(7-5-15)13(17)8-12(9-14)18-3;;/h11-12H,4-10,14H2,1-3H3;2*1H. The van der Waals surface area contributed by atoms with Crippen LogP contribution in [-0.2, 0) is 9.53 Å². The Hall–Kier alpha value is -0.0700. The smallest absolute Gasteiger partial charge is 0.225 e. The summed E-state index contributed by atoms with van der Waals surface area (Å²) in [4.78, 5) is 16.4. The van der Waals surface area contributed by atoms with Gasteiger partial charge in [0.05, 0.1) is 12.5 Å². The molecule has 0 radical (unpaired) electrons. The van der Waals surface area contributed by atoms with Crippen LogP contribution in [0.25, 0.3) is 0 Å². The highest BCUT2D eigenvalue weighted by Crippen LogP contribution is 2.08. The fraction of sp³-hybridized carbons (Fsp3) is 0.923. The van der Waals surface area contributed by atoms with Gasteiger partial charge in [-0.2, -0.15) is 0 Å². The van der Waals surface area contributed by atoms with Crippen molar-refractivity contribution in [2.75, 3.05) is 46.4 Å². The minimum absolute atomic E-state index is 0. The van der Waals surface area contributed by atoms with Crippen LogP contribution < -0.4 is 5.73 Å². The molecule has 1 saturated heterocycles. The number of nitrogens with two attached hydrogens (primary N) is 1. The molecule has 0 aromatic carbocycles. The van der Waals surface area contributed by atoms with Crippen molar-refractivity contribution in [3.8, 4) is 0 Å². The van der Waals surface area contributed by atoms with Crippen LogP contribution in [0.15, 0.2) is 0 Å². The fourth-order valence-electron chi connectivity index (χ4n) is 2.28. The van der Waals surface area contributed by atoms with Crippen molar-refractivity contribution >= 4 is 30.7 Å². The van der Waals surface area contributed by atoms with Gasteiger partial charge in [0.1, 0.15) is 0 Å². The molecule has 1 fully saturated rings. The molecule has 0 saturated carbocycles. The van der Waals surface area contributed by atoms with Crippen LogP contribution in [0.5, 0.6) is 0 Å². The van der Waals surface area contributed by atoms with E-state index >= 15 is 0 Å². The van der Waals surface area contributed by atoms with Crippen LogP contribution in [-0.4, -0.2) is 68.2 Å². The number of amides is 1. The first-order chi connectivity index (χ1) is 8.56. The van der Waals surface area contributed by atoms with Gasteiger partial charge in [-0.15, -0.1) is 24.8 Å². The first-order valence-electron chi connectivity index (χ1n) is 6.79. The number of piperazine rings is 1. The van der Waals surface area contributed by atoms with Crippen molar-refractivity contribution in [3.05, 3.63) is 0 Å². The molecule has 0 spiro atoms. The van der Waals surface area contributed by atoms with Crippen molar-refractivity contribution in [2.24, 2.45) is 11.7 Å². The van der Waals surface area contributed by atoms with Crippen LogP contribution in [0.2, 0.25) is 0 Å². The van der Waals surface area contributed by atoms with Crippen LogP contribution in [0.3, 0.4) is 0 Å². The Morgan fingerprint density at radius 2 is 1.75 bits per heavy atom. The molecule has 1 unspecified atom stereocenters. The second-order valence-electron chi connectivity index (χ2n) is 5.37. The lowest BCUT2D eigenvalue weighted by molar-refractivity contribution is -0.135. The van der Waals surface area contributed by atoms with Gasteiger partial charge in [-0.3, -0.25) is 9.69 Å². The SMILES string of the molecule is COC(CN)CC(=O)N1CCN(CC(C)C)CC1.Cl.Cl. The zero-order valence-corrected chi connectivity index (χ0v) is 14.3. The maximum absolute atomic E-state index is 12.0. The van der Waals surface area contributed by atoms with Crippen LogP contribution in [0.1, 0.15) is 20.3 Å². The van der Waals surface area contributed by atoms with E-state index in [1.807, 2.05) is 4.90 Å². The molecule has 1 atom stereocenters. The van der Waals surface area contributed by atoms with Crippen molar-refractivity contribution in [1.29, 1.82) is 0 Å². The highest BCUT2D eigenvalue weighted by Gasteiger charge is 2.23. The van der Waals surface area contributed by atoms with Crippen molar-refractivity contribution in [2.45, 2.75) is 26.4 Å². The lowest BCUT2D eigenvalue weighted by Gasteiger charge is -2.36. The second kappa shape index (κ2) is 11.6. The number of ether oxygens (including phenoxy) is 1. The molecule has 122 valence electrons. The lowest BCUT2D eigenvalue weighted by atomic mass is 10.1. The van der Waals surface area contributed by atoms with Gasteiger partial charge >= 0.3 is 0 Å². The average molecular weight is 330 g/mol. The van der Waals surface area contributed by atoms with E-state index in [0.717, 1.165) is 32.7 Å². The number of halogens is 2. The quantitative estimate of drug-likeness (QED) is 0.789. The van der Waals surface area contributed by atoms with Crippen molar-refractivity contribution < 1.29 is 9.53 Å². The summed E-state index contributed by atoms with van der Waals surface area (Å²) in [5, 5.41) is 0.